The quantitative estimate of drug-likeness (QED) is 0.261. The van der Waals surface area contributed by atoms with Crippen LogP contribution in [0, 0.1) is 11.7 Å². The van der Waals surface area contributed by atoms with Crippen LogP contribution in [0.3, 0.4) is 0 Å². The predicted molar refractivity (Wildman–Crippen MR) is 187 cm³/mol. The number of benzene rings is 2. The number of ether oxygens (including phenoxy) is 1. The lowest BCUT2D eigenvalue weighted by atomic mass is 9.87. The molecular weight excluding hydrogens is 649 g/mol. The largest absolute Gasteiger partial charge is 0.481 e. The monoisotopic (exact) mass is 695 g/mol. The molecule has 1 aliphatic carbocycles. The van der Waals surface area contributed by atoms with Gasteiger partial charge < -0.3 is 24.6 Å². The van der Waals surface area contributed by atoms with E-state index in [0.29, 0.717) is 63.5 Å². The minimum absolute atomic E-state index is 0.122. The summed E-state index contributed by atoms with van der Waals surface area (Å²) < 4.78 is 24.8. The van der Waals surface area contributed by atoms with E-state index >= 15 is 4.39 Å². The number of para-hydroxylation sites is 1. The Hall–Kier alpha value is -3.35. The van der Waals surface area contributed by atoms with Gasteiger partial charge in [-0.25, -0.2) is 4.39 Å². The van der Waals surface area contributed by atoms with E-state index in [-0.39, 0.29) is 34.6 Å². The maximum atomic E-state index is 15.9. The van der Waals surface area contributed by atoms with E-state index in [4.69, 9.17) is 16.3 Å². The van der Waals surface area contributed by atoms with Crippen molar-refractivity contribution in [1.82, 2.24) is 19.3 Å². The normalized spacial score (nSPS) is 22.4. The third kappa shape index (κ3) is 7.28. The SMILES string of the molecule is CN(C)C1CCN(C(O[C@H]2CC[C@H](C(=O)O)CC2)(C(=O)Cc2cc(Cl)c(NC(=O)c3cn(C)c4ccccc34)cc2F)N2CCCC2)CC1. The molecule has 0 spiro atoms. The molecule has 1 aromatic heterocycles. The number of carboxylic acid groups (broad SMARTS) is 1. The van der Waals surface area contributed by atoms with E-state index in [0.717, 1.165) is 36.6 Å². The number of rotatable bonds is 11. The lowest BCUT2D eigenvalue weighted by molar-refractivity contribution is -0.260. The van der Waals surface area contributed by atoms with Crippen molar-refractivity contribution >= 4 is 45.9 Å². The number of fused-ring (bicyclic) bond motifs is 1. The average molecular weight is 696 g/mol. The highest BCUT2D eigenvalue weighted by Gasteiger charge is 2.53. The number of aliphatic carboxylic acids is 1. The van der Waals surface area contributed by atoms with E-state index in [2.05, 4.69) is 34.1 Å². The van der Waals surface area contributed by atoms with Gasteiger partial charge in [0.05, 0.1) is 28.3 Å². The molecule has 6 rings (SSSR count). The van der Waals surface area contributed by atoms with Gasteiger partial charge in [0.25, 0.3) is 5.91 Å². The van der Waals surface area contributed by atoms with E-state index < -0.39 is 29.5 Å². The minimum Gasteiger partial charge on any atom is -0.481 e. The molecule has 49 heavy (non-hydrogen) atoms. The molecule has 3 fully saturated rings. The third-order valence-electron chi connectivity index (χ3n) is 10.8. The molecule has 2 aromatic carbocycles. The number of Topliss-reactive ketones (excluding diaryl/α,β-unsaturated/α-hetero) is 1. The fraction of sp³-hybridized carbons (Fsp3) is 0.541. The summed E-state index contributed by atoms with van der Waals surface area (Å²) in [6, 6.07) is 10.5. The number of aromatic nitrogens is 1. The highest BCUT2D eigenvalue weighted by molar-refractivity contribution is 6.34. The van der Waals surface area contributed by atoms with Crippen LogP contribution in [0.25, 0.3) is 10.9 Å². The standard InChI is InChI=1S/C37H47ClFN5O5/c1-41(2)26-14-18-44(19-15-26)37(43-16-6-7-17-43,49-27-12-10-24(11-13-27)36(47)48)34(45)21-25-20-30(38)32(22-31(25)39)40-35(46)29-23-42(3)33-9-5-4-8-28(29)33/h4-5,8-9,20,22-24,26-27H,6-7,10-19,21H2,1-3H3,(H,40,46)(H,47,48)/t24-,27-,37?. The van der Waals surface area contributed by atoms with Crippen LogP contribution >= 0.6 is 11.6 Å². The van der Waals surface area contributed by atoms with Crippen LogP contribution in [0.2, 0.25) is 5.02 Å². The number of carboxylic acids is 1. The second-order valence-corrected chi connectivity index (χ2v) is 14.5. The van der Waals surface area contributed by atoms with Gasteiger partial charge in [0, 0.05) is 62.8 Å². The highest BCUT2D eigenvalue weighted by atomic mass is 35.5. The Labute approximate surface area is 292 Å². The molecule has 1 unspecified atom stereocenters. The molecule has 3 aromatic rings. The van der Waals surface area contributed by atoms with Crippen molar-refractivity contribution in [3.63, 3.8) is 0 Å². The predicted octanol–water partition coefficient (Wildman–Crippen LogP) is 5.77. The Morgan fingerprint density at radius 1 is 1.00 bits per heavy atom. The summed E-state index contributed by atoms with van der Waals surface area (Å²) in [5, 5.41) is 13.2. The molecule has 2 N–H and O–H groups in total. The van der Waals surface area contributed by atoms with Crippen LogP contribution in [-0.4, -0.2) is 100 Å². The number of amides is 1. The highest BCUT2D eigenvalue weighted by Crippen LogP contribution is 2.38. The van der Waals surface area contributed by atoms with Crippen molar-refractivity contribution in [2.45, 2.75) is 75.8 Å². The van der Waals surface area contributed by atoms with Crippen LogP contribution in [0.15, 0.2) is 42.6 Å². The molecule has 0 bridgehead atoms. The molecule has 1 amide bonds. The Morgan fingerprint density at radius 3 is 2.31 bits per heavy atom. The van der Waals surface area contributed by atoms with Crippen molar-refractivity contribution in [3.05, 3.63) is 64.6 Å². The summed E-state index contributed by atoms with van der Waals surface area (Å²) in [5.74, 6) is -3.94. The van der Waals surface area contributed by atoms with Crippen LogP contribution in [-0.2, 0) is 27.8 Å². The third-order valence-corrected chi connectivity index (χ3v) is 11.1. The van der Waals surface area contributed by atoms with E-state index in [1.165, 1.54) is 12.1 Å². The van der Waals surface area contributed by atoms with Gasteiger partial charge in [0.1, 0.15) is 5.82 Å². The van der Waals surface area contributed by atoms with Crippen LogP contribution < -0.4 is 5.32 Å². The summed E-state index contributed by atoms with van der Waals surface area (Å²) >= 11 is 6.67. The van der Waals surface area contributed by atoms with Crippen molar-refractivity contribution in [2.24, 2.45) is 13.0 Å². The summed E-state index contributed by atoms with van der Waals surface area (Å²) in [4.78, 5) is 46.3. The van der Waals surface area contributed by atoms with Gasteiger partial charge in [0.2, 0.25) is 5.85 Å². The van der Waals surface area contributed by atoms with Gasteiger partial charge in [-0.3, -0.25) is 24.2 Å². The molecule has 3 heterocycles. The number of nitrogens with one attached hydrogen (secondary N) is 1. The molecule has 2 aliphatic heterocycles. The molecule has 264 valence electrons. The first kappa shape index (κ1) is 35.5. The summed E-state index contributed by atoms with van der Waals surface area (Å²) in [6.45, 7) is 2.62. The molecule has 2 saturated heterocycles. The second kappa shape index (κ2) is 14.9. The number of hydrogen-bond donors (Lipinski definition) is 2. The Balaban J connectivity index is 1.28. The number of anilines is 1. The Morgan fingerprint density at radius 2 is 1.65 bits per heavy atom. The zero-order chi connectivity index (χ0) is 34.9. The Kier molecular flexibility index (Phi) is 10.8. The molecule has 1 atom stereocenters. The van der Waals surface area contributed by atoms with E-state index in [9.17, 15) is 19.5 Å². The first-order valence-electron chi connectivity index (χ1n) is 17.4. The molecule has 10 nitrogen and oxygen atoms in total. The topological polar surface area (TPSA) is 107 Å². The first-order chi connectivity index (χ1) is 23.5. The van der Waals surface area contributed by atoms with Gasteiger partial charge in [-0.15, -0.1) is 0 Å². The van der Waals surface area contributed by atoms with Crippen LogP contribution in [0.5, 0.6) is 0 Å². The summed E-state index contributed by atoms with van der Waals surface area (Å²) in [5.41, 5.74) is 1.58. The van der Waals surface area contributed by atoms with Gasteiger partial charge in [-0.1, -0.05) is 29.8 Å². The number of carbonyl (C=O) groups is 3. The van der Waals surface area contributed by atoms with E-state index in [1.807, 2.05) is 35.9 Å². The molecule has 12 heteroatoms. The zero-order valence-electron chi connectivity index (χ0n) is 28.6. The number of aryl methyl sites for hydroxylation is 1. The molecule has 0 radical (unpaired) electrons. The molecule has 3 aliphatic rings. The fourth-order valence-corrected chi connectivity index (χ4v) is 8.19. The van der Waals surface area contributed by atoms with Gasteiger partial charge >= 0.3 is 5.97 Å². The Bertz CT molecular complexity index is 1690. The number of hydrogen-bond acceptors (Lipinski definition) is 7. The number of halogens is 2. The van der Waals surface area contributed by atoms with Crippen molar-refractivity contribution in [1.29, 1.82) is 0 Å². The van der Waals surface area contributed by atoms with Crippen molar-refractivity contribution < 1.29 is 28.6 Å². The maximum Gasteiger partial charge on any atom is 0.306 e. The van der Waals surface area contributed by atoms with Crippen molar-refractivity contribution in [3.8, 4) is 0 Å². The molecule has 1 saturated carbocycles. The molecular formula is C37H47ClFN5O5. The first-order valence-corrected chi connectivity index (χ1v) is 17.8. The fourth-order valence-electron chi connectivity index (χ4n) is 7.95. The van der Waals surface area contributed by atoms with E-state index in [1.54, 1.807) is 6.20 Å². The second-order valence-electron chi connectivity index (χ2n) is 14.1. The number of nitrogens with zero attached hydrogens (tertiary/aromatic N) is 4. The van der Waals surface area contributed by atoms with Crippen LogP contribution in [0.1, 0.15) is 67.3 Å². The van der Waals surface area contributed by atoms with Crippen LogP contribution in [0.4, 0.5) is 10.1 Å². The number of likely N-dealkylation sites (tertiary alicyclic amines) is 2. The van der Waals surface area contributed by atoms with Gasteiger partial charge in [0.15, 0.2) is 5.78 Å². The van der Waals surface area contributed by atoms with Crippen molar-refractivity contribution in [2.75, 3.05) is 45.6 Å². The smallest absolute Gasteiger partial charge is 0.306 e. The van der Waals surface area contributed by atoms with Gasteiger partial charge in [-0.2, -0.15) is 0 Å². The zero-order valence-corrected chi connectivity index (χ0v) is 29.3. The minimum atomic E-state index is -1.41. The average Bonchev–Trinajstić information content (AvgIpc) is 3.75. The lowest BCUT2D eigenvalue weighted by Gasteiger charge is -2.52. The summed E-state index contributed by atoms with van der Waals surface area (Å²) in [6.07, 6.45) is 6.79. The summed E-state index contributed by atoms with van der Waals surface area (Å²) in [7, 11) is 5.99. The number of piperidine rings is 1. The maximum absolute atomic E-state index is 15.9. The lowest BCUT2D eigenvalue weighted by Crippen LogP contribution is -2.69. The number of carbonyl (C=O) groups excluding carboxylic acids is 2. The number of ketones is 1. The van der Waals surface area contributed by atoms with Gasteiger partial charge in [-0.05, 0) is 89.2 Å².